The lowest BCUT2D eigenvalue weighted by molar-refractivity contribution is -0.385. The van der Waals surface area contributed by atoms with Gasteiger partial charge in [-0.2, -0.15) is 4.99 Å². The number of nitro benzene ring substituents is 1. The van der Waals surface area contributed by atoms with E-state index in [0.717, 1.165) is 23.7 Å². The van der Waals surface area contributed by atoms with E-state index in [4.69, 9.17) is 11.6 Å². The fraction of sp³-hybridized carbons (Fsp3) is 0.125. The number of thiazole rings is 1. The highest BCUT2D eigenvalue weighted by Crippen LogP contribution is 2.24. The molecule has 0 atom stereocenters. The third-order valence-electron chi connectivity index (χ3n) is 3.79. The fourth-order valence-electron chi connectivity index (χ4n) is 2.44. The van der Waals surface area contributed by atoms with E-state index >= 15 is 0 Å². The van der Waals surface area contributed by atoms with Crippen LogP contribution in [0.5, 0.6) is 0 Å². The molecule has 0 spiro atoms. The average Bonchev–Trinajstić information content (AvgIpc) is 2.89. The quantitative estimate of drug-likeness (QED) is 0.473. The Morgan fingerprint density at radius 3 is 2.59 bits per heavy atom. The second kappa shape index (κ2) is 6.87. The minimum absolute atomic E-state index is 0.153. The van der Waals surface area contributed by atoms with Gasteiger partial charge >= 0.3 is 0 Å². The molecule has 8 nitrogen and oxygen atoms in total. The summed E-state index contributed by atoms with van der Waals surface area (Å²) >= 11 is 6.95. The van der Waals surface area contributed by atoms with Crippen LogP contribution < -0.4 is 4.80 Å². The lowest BCUT2D eigenvalue weighted by Gasteiger charge is -2.00. The van der Waals surface area contributed by atoms with Crippen LogP contribution in [0.25, 0.3) is 10.2 Å². The zero-order chi connectivity index (χ0) is 19.9. The van der Waals surface area contributed by atoms with Crippen LogP contribution in [-0.2, 0) is 16.9 Å². The van der Waals surface area contributed by atoms with Crippen LogP contribution in [0, 0.1) is 10.1 Å². The molecule has 0 aliphatic heterocycles. The standard InChI is InChI=1S/C16H12ClN3O5S2/c1-19-13-6-4-10(27(2,24)25)8-14(13)26-16(19)18-15(21)11-7-9(17)3-5-12(11)20(22)23/h3-8H,1-2H3. The number of hydrogen-bond acceptors (Lipinski definition) is 6. The van der Waals surface area contributed by atoms with Crippen LogP contribution in [-0.4, -0.2) is 30.1 Å². The first-order valence-electron chi connectivity index (χ1n) is 7.40. The number of halogens is 1. The molecule has 0 radical (unpaired) electrons. The second-order valence-electron chi connectivity index (χ2n) is 5.68. The van der Waals surface area contributed by atoms with E-state index < -0.39 is 26.4 Å². The first-order chi connectivity index (χ1) is 12.6. The smallest absolute Gasteiger partial charge is 0.286 e. The van der Waals surface area contributed by atoms with Crippen LogP contribution in [0.3, 0.4) is 0 Å². The number of carbonyl (C=O) groups is 1. The summed E-state index contributed by atoms with van der Waals surface area (Å²) in [5.74, 6) is -0.810. The monoisotopic (exact) mass is 425 g/mol. The van der Waals surface area contributed by atoms with Crippen LogP contribution in [0.4, 0.5) is 5.69 Å². The normalized spacial score (nSPS) is 12.5. The van der Waals surface area contributed by atoms with Gasteiger partial charge in [-0.05, 0) is 30.3 Å². The van der Waals surface area contributed by atoms with Crippen molar-refractivity contribution in [3.8, 4) is 0 Å². The second-order valence-corrected chi connectivity index (χ2v) is 9.14. The van der Waals surface area contributed by atoms with Gasteiger partial charge in [-0.3, -0.25) is 14.9 Å². The molecule has 3 rings (SSSR count). The molecule has 0 N–H and O–H groups in total. The number of fused-ring (bicyclic) bond motifs is 1. The number of carbonyl (C=O) groups excluding carboxylic acids is 1. The average molecular weight is 426 g/mol. The first-order valence-corrected chi connectivity index (χ1v) is 10.5. The highest BCUT2D eigenvalue weighted by Gasteiger charge is 2.20. The maximum Gasteiger partial charge on any atom is 0.286 e. The number of rotatable bonds is 3. The van der Waals surface area contributed by atoms with Gasteiger partial charge in [0, 0.05) is 24.4 Å². The van der Waals surface area contributed by atoms with Gasteiger partial charge < -0.3 is 4.57 Å². The van der Waals surface area contributed by atoms with E-state index in [2.05, 4.69) is 4.99 Å². The molecule has 0 aliphatic carbocycles. The van der Waals surface area contributed by atoms with Crippen molar-refractivity contribution in [1.29, 1.82) is 0 Å². The Morgan fingerprint density at radius 2 is 1.96 bits per heavy atom. The van der Waals surface area contributed by atoms with Crippen LogP contribution in [0.1, 0.15) is 10.4 Å². The van der Waals surface area contributed by atoms with Gasteiger partial charge in [0.05, 0.1) is 20.0 Å². The summed E-state index contributed by atoms with van der Waals surface area (Å²) in [7, 11) is -1.71. The van der Waals surface area contributed by atoms with Crippen LogP contribution in [0.15, 0.2) is 46.3 Å². The molecule has 1 heterocycles. The number of sulfone groups is 1. The van der Waals surface area contributed by atoms with E-state index in [-0.39, 0.29) is 20.3 Å². The van der Waals surface area contributed by atoms with E-state index in [1.807, 2.05) is 0 Å². The van der Waals surface area contributed by atoms with Gasteiger partial charge in [0.15, 0.2) is 14.6 Å². The Balaban J connectivity index is 2.17. The molecule has 27 heavy (non-hydrogen) atoms. The number of aromatic nitrogens is 1. The zero-order valence-corrected chi connectivity index (χ0v) is 16.4. The summed E-state index contributed by atoms with van der Waals surface area (Å²) in [5.41, 5.74) is 0.0672. The Bertz CT molecular complexity index is 1270. The van der Waals surface area contributed by atoms with Crippen molar-refractivity contribution in [3.63, 3.8) is 0 Å². The van der Waals surface area contributed by atoms with Crippen molar-refractivity contribution in [2.45, 2.75) is 4.90 Å². The topological polar surface area (TPSA) is 112 Å². The number of benzene rings is 2. The summed E-state index contributed by atoms with van der Waals surface area (Å²) in [5, 5.41) is 11.3. The number of aryl methyl sites for hydroxylation is 1. The molecule has 1 amide bonds. The van der Waals surface area contributed by atoms with E-state index in [0.29, 0.717) is 10.2 Å². The van der Waals surface area contributed by atoms with E-state index in [1.165, 1.54) is 24.3 Å². The first kappa shape index (κ1) is 19.2. The third-order valence-corrected chi connectivity index (χ3v) is 6.23. The Hall–Kier alpha value is -2.56. The predicted molar refractivity (Wildman–Crippen MR) is 102 cm³/mol. The molecule has 1 aromatic heterocycles. The maximum atomic E-state index is 12.5. The molecule has 0 saturated carbocycles. The minimum atomic E-state index is -3.37. The third kappa shape index (κ3) is 3.77. The van der Waals surface area contributed by atoms with Gasteiger partial charge in [-0.1, -0.05) is 22.9 Å². The SMILES string of the molecule is Cn1c(=NC(=O)c2cc(Cl)ccc2[N+](=O)[O-])sc2cc(S(C)(=O)=O)ccc21. The minimum Gasteiger partial charge on any atom is -0.319 e. The Labute approximate surface area is 162 Å². The van der Waals surface area contributed by atoms with Gasteiger partial charge in [0.2, 0.25) is 0 Å². The molecule has 3 aromatic rings. The van der Waals surface area contributed by atoms with Gasteiger partial charge in [0.1, 0.15) is 5.56 Å². The number of nitrogens with zero attached hydrogens (tertiary/aromatic N) is 3. The highest BCUT2D eigenvalue weighted by atomic mass is 35.5. The van der Waals surface area contributed by atoms with Gasteiger partial charge in [-0.25, -0.2) is 8.42 Å². The van der Waals surface area contributed by atoms with Crippen molar-refractivity contribution >= 4 is 54.6 Å². The molecule has 0 saturated heterocycles. The molecule has 0 bridgehead atoms. The summed E-state index contributed by atoms with van der Waals surface area (Å²) in [6.45, 7) is 0. The fourth-order valence-corrected chi connectivity index (χ4v) is 4.39. The van der Waals surface area contributed by atoms with Crippen molar-refractivity contribution in [2.24, 2.45) is 12.0 Å². The summed E-state index contributed by atoms with van der Waals surface area (Å²) in [6.07, 6.45) is 1.11. The van der Waals surface area contributed by atoms with Crippen LogP contribution in [0.2, 0.25) is 5.02 Å². The Morgan fingerprint density at radius 1 is 1.26 bits per heavy atom. The van der Waals surface area contributed by atoms with E-state index in [9.17, 15) is 23.3 Å². The van der Waals surface area contributed by atoms with Crippen molar-refractivity contribution in [2.75, 3.05) is 6.26 Å². The maximum absolute atomic E-state index is 12.5. The molecule has 11 heteroatoms. The summed E-state index contributed by atoms with van der Waals surface area (Å²) < 4.78 is 25.6. The number of amides is 1. The zero-order valence-electron chi connectivity index (χ0n) is 14.0. The molecule has 0 aliphatic rings. The number of hydrogen-bond donors (Lipinski definition) is 0. The van der Waals surface area contributed by atoms with Crippen LogP contribution >= 0.6 is 22.9 Å². The van der Waals surface area contributed by atoms with Crippen molar-refractivity contribution in [1.82, 2.24) is 4.57 Å². The number of nitro groups is 1. The molecular weight excluding hydrogens is 414 g/mol. The van der Waals surface area contributed by atoms with E-state index in [1.54, 1.807) is 17.7 Å². The lowest BCUT2D eigenvalue weighted by Crippen LogP contribution is -2.14. The summed E-state index contributed by atoms with van der Waals surface area (Å²) in [6, 6.07) is 8.25. The van der Waals surface area contributed by atoms with Crippen molar-refractivity contribution in [3.05, 3.63) is 61.9 Å². The van der Waals surface area contributed by atoms with Crippen molar-refractivity contribution < 1.29 is 18.1 Å². The molecule has 140 valence electrons. The predicted octanol–water partition coefficient (Wildman–Crippen LogP) is 2.95. The highest BCUT2D eigenvalue weighted by molar-refractivity contribution is 7.90. The molecular formula is C16H12ClN3O5S2. The lowest BCUT2D eigenvalue weighted by atomic mass is 10.2. The molecule has 0 fully saturated rings. The Kier molecular flexibility index (Phi) is 4.89. The largest absolute Gasteiger partial charge is 0.319 e. The summed E-state index contributed by atoms with van der Waals surface area (Å²) in [4.78, 5) is 27.4. The van der Waals surface area contributed by atoms with Gasteiger partial charge in [0.25, 0.3) is 11.6 Å². The molecule has 0 unspecified atom stereocenters. The van der Waals surface area contributed by atoms with Gasteiger partial charge in [-0.15, -0.1) is 0 Å². The molecule has 2 aromatic carbocycles.